The molecule has 5 heteroatoms. The van der Waals surface area contributed by atoms with E-state index in [0.29, 0.717) is 11.7 Å². The van der Waals surface area contributed by atoms with E-state index in [1.54, 1.807) is 0 Å². The van der Waals surface area contributed by atoms with E-state index in [0.717, 1.165) is 56.5 Å². The highest BCUT2D eigenvalue weighted by Gasteiger charge is 2.28. The Morgan fingerprint density at radius 1 is 1.17 bits per heavy atom. The zero-order chi connectivity index (χ0) is 17.1. The van der Waals surface area contributed by atoms with Gasteiger partial charge in [-0.3, -0.25) is 4.79 Å². The second kappa shape index (κ2) is 7.49. The number of amides is 1. The van der Waals surface area contributed by atoms with Crippen molar-refractivity contribution in [3.63, 3.8) is 0 Å². The molecule has 24 heavy (non-hydrogen) atoms. The lowest BCUT2D eigenvalue weighted by Crippen LogP contribution is -2.44. The maximum Gasteiger partial charge on any atom is 0.272 e. The summed E-state index contributed by atoms with van der Waals surface area (Å²) in [4.78, 5) is 26.5. The van der Waals surface area contributed by atoms with E-state index in [-0.39, 0.29) is 5.91 Å². The van der Waals surface area contributed by atoms with E-state index >= 15 is 0 Å². The third-order valence-electron chi connectivity index (χ3n) is 5.49. The third kappa shape index (κ3) is 3.70. The highest BCUT2D eigenvalue weighted by atomic mass is 16.2. The van der Waals surface area contributed by atoms with Crippen LogP contribution in [0, 0.1) is 12.8 Å². The molecule has 0 aliphatic carbocycles. The number of carbonyl (C=O) groups excluding carboxylic acids is 1. The third-order valence-corrected chi connectivity index (χ3v) is 5.49. The predicted octanol–water partition coefficient (Wildman–Crippen LogP) is 3.43. The number of aryl methyl sites for hydroxylation is 1. The molecular weight excluding hydrogens is 300 g/mol. The summed E-state index contributed by atoms with van der Waals surface area (Å²) in [6, 6.07) is 2.21. The monoisotopic (exact) mass is 330 g/mol. The van der Waals surface area contributed by atoms with Crippen LogP contribution in [0.2, 0.25) is 0 Å². The Kier molecular flexibility index (Phi) is 5.36. The first-order valence-electron chi connectivity index (χ1n) is 9.50. The molecule has 0 radical (unpaired) electrons. The summed E-state index contributed by atoms with van der Waals surface area (Å²) in [6.07, 6.45) is 6.80. The van der Waals surface area contributed by atoms with Crippen LogP contribution in [0.25, 0.3) is 0 Å². The maximum absolute atomic E-state index is 13.0. The number of piperidine rings is 2. The van der Waals surface area contributed by atoms with Crippen molar-refractivity contribution < 1.29 is 4.79 Å². The fourth-order valence-electron chi connectivity index (χ4n) is 3.85. The van der Waals surface area contributed by atoms with Gasteiger partial charge in [-0.2, -0.15) is 0 Å². The number of nitrogens with zero attached hydrogens (tertiary/aromatic N) is 4. The SMILES string of the molecule is CCC1CCCCN1C(=O)c1cc(C)nc(N2CCC(C)CC2)n1. The molecule has 2 saturated heterocycles. The van der Waals surface area contributed by atoms with Crippen molar-refractivity contribution in [3.05, 3.63) is 17.5 Å². The van der Waals surface area contributed by atoms with Gasteiger partial charge in [0.25, 0.3) is 5.91 Å². The lowest BCUT2D eigenvalue weighted by Gasteiger charge is -2.35. The molecule has 0 spiro atoms. The van der Waals surface area contributed by atoms with Gasteiger partial charge in [-0.15, -0.1) is 0 Å². The number of aromatic nitrogens is 2. The summed E-state index contributed by atoms with van der Waals surface area (Å²) in [5.41, 5.74) is 1.45. The van der Waals surface area contributed by atoms with Crippen LogP contribution in [0.5, 0.6) is 0 Å². The Morgan fingerprint density at radius 2 is 1.92 bits per heavy atom. The molecule has 0 bridgehead atoms. The Bertz CT molecular complexity index is 581. The minimum absolute atomic E-state index is 0.0821. The first kappa shape index (κ1) is 17.2. The van der Waals surface area contributed by atoms with Gasteiger partial charge in [-0.25, -0.2) is 9.97 Å². The largest absolute Gasteiger partial charge is 0.341 e. The number of carbonyl (C=O) groups is 1. The first-order valence-corrected chi connectivity index (χ1v) is 9.50. The van der Waals surface area contributed by atoms with Gasteiger partial charge in [0.15, 0.2) is 0 Å². The predicted molar refractivity (Wildman–Crippen MR) is 96.3 cm³/mol. The van der Waals surface area contributed by atoms with Crippen LogP contribution in [-0.4, -0.2) is 46.5 Å². The smallest absolute Gasteiger partial charge is 0.272 e. The lowest BCUT2D eigenvalue weighted by molar-refractivity contribution is 0.0601. The number of hydrogen-bond acceptors (Lipinski definition) is 4. The van der Waals surface area contributed by atoms with Gasteiger partial charge in [0, 0.05) is 31.4 Å². The van der Waals surface area contributed by atoms with Crippen molar-refractivity contribution in [2.75, 3.05) is 24.5 Å². The average Bonchev–Trinajstić information content (AvgIpc) is 2.61. The molecule has 3 rings (SSSR count). The van der Waals surface area contributed by atoms with Gasteiger partial charge >= 0.3 is 0 Å². The van der Waals surface area contributed by atoms with Crippen molar-refractivity contribution >= 4 is 11.9 Å². The molecule has 2 fully saturated rings. The lowest BCUT2D eigenvalue weighted by atomic mass is 9.99. The molecule has 1 aromatic rings. The number of anilines is 1. The topological polar surface area (TPSA) is 49.3 Å². The van der Waals surface area contributed by atoms with E-state index in [1.807, 2.05) is 17.9 Å². The van der Waals surface area contributed by atoms with Crippen LogP contribution >= 0.6 is 0 Å². The standard InChI is InChI=1S/C19H30N4O/c1-4-16-7-5-6-10-23(16)18(24)17-13-15(3)20-19(21-17)22-11-8-14(2)9-12-22/h13-14,16H,4-12H2,1-3H3. The van der Waals surface area contributed by atoms with Gasteiger partial charge in [-0.1, -0.05) is 13.8 Å². The van der Waals surface area contributed by atoms with Crippen molar-refractivity contribution in [3.8, 4) is 0 Å². The summed E-state index contributed by atoms with van der Waals surface area (Å²) in [5.74, 6) is 1.58. The molecule has 0 saturated carbocycles. The molecule has 1 aromatic heterocycles. The summed E-state index contributed by atoms with van der Waals surface area (Å²) >= 11 is 0. The minimum atomic E-state index is 0.0821. The van der Waals surface area contributed by atoms with Gasteiger partial charge in [0.2, 0.25) is 5.95 Å². The fourth-order valence-corrected chi connectivity index (χ4v) is 3.85. The van der Waals surface area contributed by atoms with Crippen LogP contribution in [0.1, 0.15) is 68.6 Å². The van der Waals surface area contributed by atoms with Gasteiger partial charge in [0.1, 0.15) is 5.69 Å². The highest BCUT2D eigenvalue weighted by molar-refractivity contribution is 5.93. The van der Waals surface area contributed by atoms with Crippen LogP contribution in [0.3, 0.4) is 0 Å². The zero-order valence-corrected chi connectivity index (χ0v) is 15.3. The highest BCUT2D eigenvalue weighted by Crippen LogP contribution is 2.24. The number of rotatable bonds is 3. The van der Waals surface area contributed by atoms with Crippen LogP contribution in [0.4, 0.5) is 5.95 Å². The second-order valence-electron chi connectivity index (χ2n) is 7.42. The molecule has 2 aliphatic rings. The molecule has 1 atom stereocenters. The zero-order valence-electron chi connectivity index (χ0n) is 15.3. The summed E-state index contributed by atoms with van der Waals surface area (Å²) < 4.78 is 0. The normalized spacial score (nSPS) is 22.7. The number of hydrogen-bond donors (Lipinski definition) is 0. The minimum Gasteiger partial charge on any atom is -0.341 e. The molecule has 2 aliphatic heterocycles. The quantitative estimate of drug-likeness (QED) is 0.852. The van der Waals surface area contributed by atoms with E-state index in [9.17, 15) is 4.79 Å². The van der Waals surface area contributed by atoms with E-state index in [1.165, 1.54) is 19.3 Å². The molecular formula is C19H30N4O. The Labute approximate surface area is 145 Å². The van der Waals surface area contributed by atoms with Gasteiger partial charge < -0.3 is 9.80 Å². The van der Waals surface area contributed by atoms with E-state index in [4.69, 9.17) is 0 Å². The van der Waals surface area contributed by atoms with Gasteiger partial charge in [-0.05, 0) is 57.4 Å². The molecule has 0 N–H and O–H groups in total. The van der Waals surface area contributed by atoms with Crippen molar-refractivity contribution in [1.29, 1.82) is 0 Å². The van der Waals surface area contributed by atoms with Crippen molar-refractivity contribution in [1.82, 2.24) is 14.9 Å². The summed E-state index contributed by atoms with van der Waals surface area (Å²) in [6.45, 7) is 9.25. The summed E-state index contributed by atoms with van der Waals surface area (Å²) in [7, 11) is 0. The molecule has 132 valence electrons. The van der Waals surface area contributed by atoms with Crippen LogP contribution in [0.15, 0.2) is 6.07 Å². The molecule has 0 aromatic carbocycles. The maximum atomic E-state index is 13.0. The Morgan fingerprint density at radius 3 is 2.62 bits per heavy atom. The van der Waals surface area contributed by atoms with Crippen LogP contribution in [-0.2, 0) is 0 Å². The van der Waals surface area contributed by atoms with Crippen molar-refractivity contribution in [2.24, 2.45) is 5.92 Å². The van der Waals surface area contributed by atoms with Crippen molar-refractivity contribution in [2.45, 2.75) is 65.3 Å². The molecule has 3 heterocycles. The van der Waals surface area contributed by atoms with E-state index < -0.39 is 0 Å². The van der Waals surface area contributed by atoms with Crippen LogP contribution < -0.4 is 4.90 Å². The average molecular weight is 330 g/mol. The Hall–Kier alpha value is -1.65. The number of likely N-dealkylation sites (tertiary alicyclic amines) is 1. The molecule has 1 unspecified atom stereocenters. The molecule has 1 amide bonds. The Balaban J connectivity index is 1.81. The first-order chi connectivity index (χ1) is 11.6. The summed E-state index contributed by atoms with van der Waals surface area (Å²) in [5, 5.41) is 0. The second-order valence-corrected chi connectivity index (χ2v) is 7.42. The van der Waals surface area contributed by atoms with Gasteiger partial charge in [0.05, 0.1) is 0 Å². The van der Waals surface area contributed by atoms with E-state index in [2.05, 4.69) is 28.7 Å². The fraction of sp³-hybridized carbons (Fsp3) is 0.737. The molecule has 5 nitrogen and oxygen atoms in total.